The highest BCUT2D eigenvalue weighted by Gasteiger charge is 2.34. The molecular weight excluding hydrogens is 470 g/mol. The third-order valence-corrected chi connectivity index (χ3v) is 6.22. The maximum atomic E-state index is 12.8. The normalized spacial score (nSPS) is 14.5. The minimum Gasteiger partial charge on any atom is -0.493 e. The summed E-state index contributed by atoms with van der Waals surface area (Å²) in [5, 5.41) is 3.24. The van der Waals surface area contributed by atoms with Crippen molar-refractivity contribution in [3.05, 3.63) is 64.7 Å². The molecule has 10 heteroatoms. The number of para-hydroxylation sites is 1. The highest BCUT2D eigenvalue weighted by molar-refractivity contribution is 8.18. The molecule has 1 aliphatic rings. The van der Waals surface area contributed by atoms with Gasteiger partial charge in [-0.25, -0.2) is 4.98 Å². The lowest BCUT2D eigenvalue weighted by molar-refractivity contribution is -0.122. The van der Waals surface area contributed by atoms with Gasteiger partial charge in [0.1, 0.15) is 5.69 Å². The highest BCUT2D eigenvalue weighted by Crippen LogP contribution is 2.40. The van der Waals surface area contributed by atoms with Crippen LogP contribution in [-0.4, -0.2) is 61.4 Å². The number of nitrogens with zero attached hydrogens (tertiary/aromatic N) is 2. The Kier molecular flexibility index (Phi) is 7.21. The fraction of sp³-hybridized carbons (Fsp3) is 0.200. The van der Waals surface area contributed by atoms with Gasteiger partial charge in [0.25, 0.3) is 17.1 Å². The fourth-order valence-corrected chi connectivity index (χ4v) is 4.46. The van der Waals surface area contributed by atoms with Crippen LogP contribution in [0.4, 0.5) is 4.79 Å². The first-order valence-corrected chi connectivity index (χ1v) is 11.5. The summed E-state index contributed by atoms with van der Waals surface area (Å²) >= 11 is 0.831. The first-order valence-electron chi connectivity index (χ1n) is 10.6. The van der Waals surface area contributed by atoms with Gasteiger partial charge in [-0.05, 0) is 47.7 Å². The summed E-state index contributed by atoms with van der Waals surface area (Å²) in [4.78, 5) is 43.5. The number of carbonyl (C=O) groups is 3. The van der Waals surface area contributed by atoms with E-state index >= 15 is 0 Å². The maximum Gasteiger partial charge on any atom is 0.293 e. The molecule has 1 fully saturated rings. The molecule has 35 heavy (non-hydrogen) atoms. The number of hydrogen-bond donors (Lipinski definition) is 1. The van der Waals surface area contributed by atoms with Gasteiger partial charge in [-0.15, -0.1) is 0 Å². The minimum absolute atomic E-state index is 0.0383. The Balaban J connectivity index is 1.42. The van der Waals surface area contributed by atoms with E-state index in [9.17, 15) is 14.4 Å². The standard InChI is InChI=1S/C25H23N3O6S/c1-32-19-12-15(13-20(33-2)22(19)34-3)14-21-24(30)28(25(31)35-21)11-10-26-23(29)18-9-8-16-6-4-5-7-17(16)27-18/h4-9,12-14H,10-11H2,1-3H3,(H,26,29)/b21-14-. The number of imide groups is 1. The van der Waals surface area contributed by atoms with Gasteiger partial charge in [-0.3, -0.25) is 19.3 Å². The van der Waals surface area contributed by atoms with Crippen molar-refractivity contribution in [2.75, 3.05) is 34.4 Å². The number of thioether (sulfide) groups is 1. The van der Waals surface area contributed by atoms with E-state index in [1.807, 2.05) is 30.3 Å². The molecule has 0 atom stereocenters. The van der Waals surface area contributed by atoms with Gasteiger partial charge in [0.15, 0.2) is 11.5 Å². The zero-order chi connectivity index (χ0) is 24.9. The molecule has 0 aliphatic carbocycles. The number of ether oxygens (including phenoxy) is 3. The second-order valence-corrected chi connectivity index (χ2v) is 8.43. The summed E-state index contributed by atoms with van der Waals surface area (Å²) in [6.07, 6.45) is 1.59. The Bertz CT molecular complexity index is 1310. The average Bonchev–Trinajstić information content (AvgIpc) is 3.14. The van der Waals surface area contributed by atoms with Gasteiger partial charge in [0.05, 0.1) is 31.8 Å². The largest absolute Gasteiger partial charge is 0.493 e. The number of fused-ring (bicyclic) bond motifs is 1. The average molecular weight is 494 g/mol. The van der Waals surface area contributed by atoms with E-state index < -0.39 is 11.1 Å². The van der Waals surface area contributed by atoms with E-state index in [1.165, 1.54) is 21.3 Å². The molecular formula is C25H23N3O6S. The molecule has 1 saturated heterocycles. The van der Waals surface area contributed by atoms with E-state index in [2.05, 4.69) is 10.3 Å². The molecule has 1 N–H and O–H groups in total. The summed E-state index contributed by atoms with van der Waals surface area (Å²) in [5.41, 5.74) is 1.59. The van der Waals surface area contributed by atoms with Crippen molar-refractivity contribution in [3.63, 3.8) is 0 Å². The molecule has 180 valence electrons. The first-order chi connectivity index (χ1) is 16.9. The van der Waals surface area contributed by atoms with Crippen molar-refractivity contribution >= 4 is 45.8 Å². The SMILES string of the molecule is COc1cc(/C=C2\SC(=O)N(CCNC(=O)c3ccc4ccccc4n3)C2=O)cc(OC)c1OC. The van der Waals surface area contributed by atoms with Crippen LogP contribution in [-0.2, 0) is 4.79 Å². The van der Waals surface area contributed by atoms with Gasteiger partial charge in [0, 0.05) is 18.5 Å². The predicted octanol–water partition coefficient (Wildman–Crippen LogP) is 3.73. The van der Waals surface area contributed by atoms with Crippen LogP contribution in [0, 0.1) is 0 Å². The molecule has 0 radical (unpaired) electrons. The van der Waals surface area contributed by atoms with Crippen LogP contribution in [0.3, 0.4) is 0 Å². The van der Waals surface area contributed by atoms with Gasteiger partial charge >= 0.3 is 0 Å². The topological polar surface area (TPSA) is 107 Å². The molecule has 3 aromatic rings. The second-order valence-electron chi connectivity index (χ2n) is 7.44. The van der Waals surface area contributed by atoms with E-state index in [0.29, 0.717) is 28.3 Å². The number of benzene rings is 2. The van der Waals surface area contributed by atoms with E-state index in [1.54, 1.807) is 24.3 Å². The number of methoxy groups -OCH3 is 3. The Morgan fingerprint density at radius 2 is 1.74 bits per heavy atom. The summed E-state index contributed by atoms with van der Waals surface area (Å²) in [6.45, 7) is 0.138. The van der Waals surface area contributed by atoms with E-state index in [-0.39, 0.29) is 29.6 Å². The van der Waals surface area contributed by atoms with Crippen LogP contribution in [0.1, 0.15) is 16.1 Å². The van der Waals surface area contributed by atoms with Crippen LogP contribution < -0.4 is 19.5 Å². The van der Waals surface area contributed by atoms with Crippen molar-refractivity contribution in [1.82, 2.24) is 15.2 Å². The third-order valence-electron chi connectivity index (χ3n) is 5.31. The zero-order valence-corrected chi connectivity index (χ0v) is 20.2. The zero-order valence-electron chi connectivity index (χ0n) is 19.4. The first kappa shape index (κ1) is 24.1. The Morgan fingerprint density at radius 3 is 2.43 bits per heavy atom. The Morgan fingerprint density at radius 1 is 1.03 bits per heavy atom. The lowest BCUT2D eigenvalue weighted by Crippen LogP contribution is -2.37. The third kappa shape index (κ3) is 5.07. The molecule has 2 aromatic carbocycles. The number of hydrogen-bond acceptors (Lipinski definition) is 8. The Labute approximate surface area is 206 Å². The summed E-state index contributed by atoms with van der Waals surface area (Å²) in [7, 11) is 4.49. The molecule has 3 amide bonds. The molecule has 0 spiro atoms. The van der Waals surface area contributed by atoms with Crippen molar-refractivity contribution < 1.29 is 28.6 Å². The fourth-order valence-electron chi connectivity index (χ4n) is 3.59. The highest BCUT2D eigenvalue weighted by atomic mass is 32.2. The monoisotopic (exact) mass is 493 g/mol. The van der Waals surface area contributed by atoms with Crippen molar-refractivity contribution in [3.8, 4) is 17.2 Å². The van der Waals surface area contributed by atoms with Gasteiger partial charge in [0.2, 0.25) is 5.75 Å². The van der Waals surface area contributed by atoms with Crippen molar-refractivity contribution in [2.45, 2.75) is 0 Å². The van der Waals surface area contributed by atoms with Crippen LogP contribution >= 0.6 is 11.8 Å². The van der Waals surface area contributed by atoms with Crippen LogP contribution in [0.25, 0.3) is 17.0 Å². The molecule has 0 unspecified atom stereocenters. The minimum atomic E-state index is -0.438. The number of nitrogens with one attached hydrogen (secondary N) is 1. The second kappa shape index (κ2) is 10.5. The number of aromatic nitrogens is 1. The van der Waals surface area contributed by atoms with E-state index in [0.717, 1.165) is 22.0 Å². The summed E-state index contributed by atoms with van der Waals surface area (Å²) in [5.74, 6) is 0.476. The van der Waals surface area contributed by atoms with Crippen molar-refractivity contribution in [1.29, 1.82) is 0 Å². The van der Waals surface area contributed by atoms with Crippen LogP contribution in [0.2, 0.25) is 0 Å². The quantitative estimate of drug-likeness (QED) is 0.473. The number of amides is 3. The van der Waals surface area contributed by atoms with Crippen LogP contribution in [0.15, 0.2) is 53.4 Å². The molecule has 1 aliphatic heterocycles. The maximum absolute atomic E-state index is 12.8. The molecule has 9 nitrogen and oxygen atoms in total. The van der Waals surface area contributed by atoms with Crippen LogP contribution in [0.5, 0.6) is 17.2 Å². The molecule has 1 aromatic heterocycles. The molecule has 0 bridgehead atoms. The van der Waals surface area contributed by atoms with Gasteiger partial charge in [-0.2, -0.15) is 0 Å². The number of rotatable bonds is 8. The number of pyridine rings is 1. The predicted molar refractivity (Wildman–Crippen MR) is 133 cm³/mol. The molecule has 0 saturated carbocycles. The summed E-state index contributed by atoms with van der Waals surface area (Å²) in [6, 6.07) is 14.3. The Hall–Kier alpha value is -4.05. The van der Waals surface area contributed by atoms with Gasteiger partial charge < -0.3 is 19.5 Å². The lowest BCUT2D eigenvalue weighted by Gasteiger charge is -2.13. The number of carbonyl (C=O) groups excluding carboxylic acids is 3. The summed E-state index contributed by atoms with van der Waals surface area (Å²) < 4.78 is 16.0. The smallest absolute Gasteiger partial charge is 0.293 e. The molecule has 4 rings (SSSR count). The van der Waals surface area contributed by atoms with Crippen molar-refractivity contribution in [2.24, 2.45) is 0 Å². The van der Waals surface area contributed by atoms with Gasteiger partial charge in [-0.1, -0.05) is 24.3 Å². The van der Waals surface area contributed by atoms with E-state index in [4.69, 9.17) is 14.2 Å². The lowest BCUT2D eigenvalue weighted by atomic mass is 10.1. The molecule has 2 heterocycles.